The van der Waals surface area contributed by atoms with Crippen molar-refractivity contribution in [2.24, 2.45) is 5.41 Å². The van der Waals surface area contributed by atoms with Crippen LogP contribution in [0.15, 0.2) is 24.3 Å². The number of likely N-dealkylation sites (tertiary alicyclic amines) is 2. The summed E-state index contributed by atoms with van der Waals surface area (Å²) in [6, 6.07) is 7.98. The Hall–Kier alpha value is -2.28. The zero-order valence-corrected chi connectivity index (χ0v) is 17.3. The summed E-state index contributed by atoms with van der Waals surface area (Å²) in [5.74, 6) is 0. The van der Waals surface area contributed by atoms with Crippen LogP contribution in [0, 0.1) is 5.41 Å². The Balaban J connectivity index is 1.38. The van der Waals surface area contributed by atoms with E-state index in [2.05, 4.69) is 17.6 Å². The van der Waals surface area contributed by atoms with Crippen LogP contribution in [0.4, 0.5) is 15.3 Å². The highest BCUT2D eigenvalue weighted by molar-refractivity contribution is 5.89. The summed E-state index contributed by atoms with van der Waals surface area (Å²) in [4.78, 5) is 29.2. The zero-order valence-electron chi connectivity index (χ0n) is 17.3. The van der Waals surface area contributed by atoms with Crippen molar-refractivity contribution in [3.63, 3.8) is 0 Å². The van der Waals surface area contributed by atoms with Gasteiger partial charge in [0, 0.05) is 49.9 Å². The smallest absolute Gasteiger partial charge is 0.321 e. The Morgan fingerprint density at radius 2 is 1.86 bits per heavy atom. The van der Waals surface area contributed by atoms with E-state index in [9.17, 15) is 9.59 Å². The van der Waals surface area contributed by atoms with Gasteiger partial charge in [-0.3, -0.25) is 0 Å². The number of rotatable bonds is 3. The molecule has 1 spiro atoms. The van der Waals surface area contributed by atoms with Crippen LogP contribution in [0.2, 0.25) is 0 Å². The van der Waals surface area contributed by atoms with Crippen molar-refractivity contribution in [3.05, 3.63) is 29.8 Å². The van der Waals surface area contributed by atoms with Crippen LogP contribution >= 0.6 is 0 Å². The molecule has 0 bridgehead atoms. The number of nitrogens with zero attached hydrogens (tertiary/aromatic N) is 2. The normalized spacial score (nSPS) is 26.7. The molecule has 7 heteroatoms. The van der Waals surface area contributed by atoms with E-state index in [1.807, 2.05) is 34.1 Å². The highest BCUT2D eigenvalue weighted by Gasteiger charge is 2.48. The number of hydrogen-bond acceptors (Lipinski definition) is 3. The molecule has 7 nitrogen and oxygen atoms in total. The molecule has 0 aromatic heterocycles. The van der Waals surface area contributed by atoms with Gasteiger partial charge in [-0.15, -0.1) is 0 Å². The van der Waals surface area contributed by atoms with E-state index >= 15 is 0 Å². The van der Waals surface area contributed by atoms with Crippen molar-refractivity contribution in [2.45, 2.75) is 45.1 Å². The molecule has 4 rings (SSSR count). The van der Waals surface area contributed by atoms with Gasteiger partial charge in [-0.1, -0.05) is 19.1 Å². The first kappa shape index (κ1) is 20.0. The van der Waals surface area contributed by atoms with Crippen molar-refractivity contribution in [1.82, 2.24) is 15.1 Å². The maximum atomic E-state index is 12.8. The van der Waals surface area contributed by atoms with Gasteiger partial charge in [0.25, 0.3) is 0 Å². The molecule has 158 valence electrons. The predicted octanol–water partition coefficient (Wildman–Crippen LogP) is 3.07. The van der Waals surface area contributed by atoms with Crippen LogP contribution in [0.1, 0.15) is 38.2 Å². The monoisotopic (exact) mass is 400 g/mol. The van der Waals surface area contributed by atoms with E-state index in [-0.39, 0.29) is 23.5 Å². The van der Waals surface area contributed by atoms with Gasteiger partial charge in [-0.25, -0.2) is 9.59 Å². The Morgan fingerprint density at radius 3 is 2.59 bits per heavy atom. The molecule has 2 N–H and O–H groups in total. The van der Waals surface area contributed by atoms with E-state index in [4.69, 9.17) is 4.74 Å². The molecule has 3 aliphatic heterocycles. The summed E-state index contributed by atoms with van der Waals surface area (Å²) in [7, 11) is 0. The van der Waals surface area contributed by atoms with Crippen LogP contribution in [0.25, 0.3) is 0 Å². The van der Waals surface area contributed by atoms with Gasteiger partial charge < -0.3 is 25.2 Å². The third-order valence-corrected chi connectivity index (χ3v) is 6.66. The fourth-order valence-electron chi connectivity index (χ4n) is 4.77. The molecule has 1 aromatic carbocycles. The quantitative estimate of drug-likeness (QED) is 0.819. The summed E-state index contributed by atoms with van der Waals surface area (Å²) in [5.41, 5.74) is 1.86. The third-order valence-electron chi connectivity index (χ3n) is 6.66. The number of amides is 4. The number of benzene rings is 1. The number of carbonyl (C=O) groups is 2. The Labute approximate surface area is 172 Å². The summed E-state index contributed by atoms with van der Waals surface area (Å²) < 4.78 is 5.79. The number of hydrogen-bond donors (Lipinski definition) is 2. The number of urea groups is 2. The van der Waals surface area contributed by atoms with Crippen LogP contribution in [-0.2, 0) is 11.2 Å². The highest BCUT2D eigenvalue weighted by atomic mass is 16.5. The minimum atomic E-state index is -0.197. The summed E-state index contributed by atoms with van der Waals surface area (Å²) >= 11 is 0. The lowest BCUT2D eigenvalue weighted by molar-refractivity contribution is -0.0234. The van der Waals surface area contributed by atoms with Gasteiger partial charge in [0.2, 0.25) is 0 Å². The number of nitrogens with one attached hydrogen (secondary N) is 2. The zero-order chi connectivity index (χ0) is 20.3. The standard InChI is InChI=1S/C22H32N4O3/c1-2-17-5-7-18(8-6-17)23-20(27)26-13-10-22(15-26)16-29-14-9-19(22)24-21(28)25-11-3-4-12-25/h5-8,19H,2-4,9-16H2,1H3,(H,23,27)(H,24,28)/t19-,22+/m0/s1. The Bertz CT molecular complexity index is 732. The van der Waals surface area contributed by atoms with Gasteiger partial charge in [0.1, 0.15) is 0 Å². The molecule has 0 radical (unpaired) electrons. The molecular formula is C22H32N4O3. The fourth-order valence-corrected chi connectivity index (χ4v) is 4.77. The molecule has 3 aliphatic rings. The van der Waals surface area contributed by atoms with Gasteiger partial charge in [-0.05, 0) is 49.8 Å². The third kappa shape index (κ3) is 4.34. The average Bonchev–Trinajstić information content (AvgIpc) is 3.42. The molecule has 0 aliphatic carbocycles. The molecule has 0 saturated carbocycles. The minimum absolute atomic E-state index is 0.0349. The molecule has 3 heterocycles. The lowest BCUT2D eigenvalue weighted by Gasteiger charge is -2.41. The molecule has 2 atom stereocenters. The molecule has 1 aromatic rings. The fraction of sp³-hybridized carbons (Fsp3) is 0.636. The van der Waals surface area contributed by atoms with Crippen LogP contribution in [-0.4, -0.2) is 67.3 Å². The van der Waals surface area contributed by atoms with E-state index in [0.29, 0.717) is 26.3 Å². The maximum absolute atomic E-state index is 12.8. The van der Waals surface area contributed by atoms with E-state index in [1.165, 1.54) is 5.56 Å². The van der Waals surface area contributed by atoms with E-state index in [1.54, 1.807) is 0 Å². The second-order valence-electron chi connectivity index (χ2n) is 8.55. The van der Waals surface area contributed by atoms with Crippen LogP contribution in [0.5, 0.6) is 0 Å². The van der Waals surface area contributed by atoms with Crippen LogP contribution in [0.3, 0.4) is 0 Å². The first-order valence-corrected chi connectivity index (χ1v) is 10.9. The molecule has 3 fully saturated rings. The molecule has 29 heavy (non-hydrogen) atoms. The topological polar surface area (TPSA) is 73.9 Å². The average molecular weight is 401 g/mol. The lowest BCUT2D eigenvalue weighted by Crippen LogP contribution is -2.57. The second-order valence-corrected chi connectivity index (χ2v) is 8.55. The van der Waals surface area contributed by atoms with Crippen molar-refractivity contribution >= 4 is 17.7 Å². The van der Waals surface area contributed by atoms with Crippen molar-refractivity contribution in [2.75, 3.05) is 44.7 Å². The van der Waals surface area contributed by atoms with E-state index < -0.39 is 0 Å². The van der Waals surface area contributed by atoms with Gasteiger partial charge >= 0.3 is 12.1 Å². The van der Waals surface area contributed by atoms with Crippen LogP contribution < -0.4 is 10.6 Å². The van der Waals surface area contributed by atoms with Crippen molar-refractivity contribution in [1.29, 1.82) is 0 Å². The lowest BCUT2D eigenvalue weighted by atomic mass is 9.77. The Kier molecular flexibility index (Phi) is 5.94. The van der Waals surface area contributed by atoms with Gasteiger partial charge in [-0.2, -0.15) is 0 Å². The molecule has 4 amide bonds. The number of anilines is 1. The largest absolute Gasteiger partial charge is 0.381 e. The van der Waals surface area contributed by atoms with E-state index in [0.717, 1.165) is 50.9 Å². The number of carbonyl (C=O) groups excluding carboxylic acids is 2. The number of ether oxygens (including phenoxy) is 1. The molecule has 0 unspecified atom stereocenters. The summed E-state index contributed by atoms with van der Waals surface area (Å²) in [6.07, 6.45) is 4.79. The first-order chi connectivity index (χ1) is 14.1. The van der Waals surface area contributed by atoms with Crippen molar-refractivity contribution in [3.8, 4) is 0 Å². The summed E-state index contributed by atoms with van der Waals surface area (Å²) in [6.45, 7) is 6.33. The minimum Gasteiger partial charge on any atom is -0.381 e. The maximum Gasteiger partial charge on any atom is 0.321 e. The molecular weight excluding hydrogens is 368 g/mol. The van der Waals surface area contributed by atoms with Gasteiger partial charge in [0.05, 0.1) is 6.61 Å². The predicted molar refractivity (Wildman–Crippen MR) is 112 cm³/mol. The Morgan fingerprint density at radius 1 is 1.10 bits per heavy atom. The van der Waals surface area contributed by atoms with Gasteiger partial charge in [0.15, 0.2) is 0 Å². The SMILES string of the molecule is CCc1ccc(NC(=O)N2CC[C@]3(COCC[C@@H]3NC(=O)N3CCCC3)C2)cc1. The van der Waals surface area contributed by atoms with Crippen molar-refractivity contribution < 1.29 is 14.3 Å². The highest BCUT2D eigenvalue weighted by Crippen LogP contribution is 2.38. The first-order valence-electron chi connectivity index (χ1n) is 10.9. The second kappa shape index (κ2) is 8.61. The summed E-state index contributed by atoms with van der Waals surface area (Å²) in [5, 5.41) is 6.27. The number of aryl methyl sites for hydroxylation is 1. The molecule has 3 saturated heterocycles.